The van der Waals surface area contributed by atoms with Gasteiger partial charge in [0.2, 0.25) is 0 Å². The highest BCUT2D eigenvalue weighted by Crippen LogP contribution is 2.25. The third-order valence-corrected chi connectivity index (χ3v) is 2.25. The first-order chi connectivity index (χ1) is 6.06. The number of methoxy groups -OCH3 is 1. The van der Waals surface area contributed by atoms with Crippen molar-refractivity contribution in [3.05, 3.63) is 27.1 Å². The van der Waals surface area contributed by atoms with Gasteiger partial charge in [0.05, 0.1) is 16.2 Å². The van der Waals surface area contributed by atoms with Crippen molar-refractivity contribution in [1.82, 2.24) is 0 Å². The molecule has 0 aromatic heterocycles. The van der Waals surface area contributed by atoms with E-state index in [0.29, 0.717) is 3.57 Å². The quantitative estimate of drug-likeness (QED) is 0.851. The molecule has 1 N–H and O–H groups in total. The van der Waals surface area contributed by atoms with Crippen molar-refractivity contribution < 1.29 is 19.0 Å². The van der Waals surface area contributed by atoms with Crippen LogP contribution < -0.4 is 4.74 Å². The number of halogens is 2. The number of rotatable bonds is 2. The molecule has 1 aromatic rings. The molecule has 0 aliphatic heterocycles. The van der Waals surface area contributed by atoms with E-state index in [1.54, 1.807) is 0 Å². The predicted octanol–water partition coefficient (Wildman–Crippen LogP) is 2.14. The van der Waals surface area contributed by atoms with Crippen LogP contribution in [0.3, 0.4) is 0 Å². The number of hydrogen-bond acceptors (Lipinski definition) is 2. The van der Waals surface area contributed by atoms with E-state index in [1.807, 2.05) is 22.6 Å². The monoisotopic (exact) mass is 296 g/mol. The van der Waals surface area contributed by atoms with Gasteiger partial charge in [0.1, 0.15) is 0 Å². The fourth-order valence-electron chi connectivity index (χ4n) is 0.878. The minimum atomic E-state index is -1.15. The molecule has 0 fully saturated rings. The van der Waals surface area contributed by atoms with E-state index in [4.69, 9.17) is 9.84 Å². The Morgan fingerprint density at radius 3 is 2.62 bits per heavy atom. The first-order valence-electron chi connectivity index (χ1n) is 3.32. The second kappa shape index (κ2) is 3.91. The highest BCUT2D eigenvalue weighted by molar-refractivity contribution is 14.1. The van der Waals surface area contributed by atoms with Crippen molar-refractivity contribution in [2.45, 2.75) is 0 Å². The summed E-state index contributed by atoms with van der Waals surface area (Å²) in [6.07, 6.45) is 0. The van der Waals surface area contributed by atoms with Gasteiger partial charge in [0.25, 0.3) is 0 Å². The van der Waals surface area contributed by atoms with E-state index >= 15 is 0 Å². The minimum Gasteiger partial charge on any atom is -0.493 e. The third kappa shape index (κ3) is 2.09. The Balaban J connectivity index is 3.28. The third-order valence-electron chi connectivity index (χ3n) is 1.45. The van der Waals surface area contributed by atoms with Crippen LogP contribution in [-0.2, 0) is 0 Å². The molecular weight excluding hydrogens is 290 g/mol. The van der Waals surface area contributed by atoms with Gasteiger partial charge in [-0.25, -0.2) is 9.18 Å². The molecule has 1 aromatic carbocycles. The molecular formula is C8H6FIO3. The summed E-state index contributed by atoms with van der Waals surface area (Å²) in [6.45, 7) is 0. The van der Waals surface area contributed by atoms with E-state index in [9.17, 15) is 9.18 Å². The van der Waals surface area contributed by atoms with Gasteiger partial charge in [-0.15, -0.1) is 0 Å². The van der Waals surface area contributed by atoms with E-state index in [2.05, 4.69) is 0 Å². The van der Waals surface area contributed by atoms with Crippen LogP contribution in [0.25, 0.3) is 0 Å². The van der Waals surface area contributed by atoms with Crippen molar-refractivity contribution in [3.63, 3.8) is 0 Å². The molecule has 1 rings (SSSR count). The Hall–Kier alpha value is -0.850. The summed E-state index contributed by atoms with van der Waals surface area (Å²) in [4.78, 5) is 10.5. The van der Waals surface area contributed by atoms with Crippen LogP contribution in [0.4, 0.5) is 4.39 Å². The van der Waals surface area contributed by atoms with Crippen molar-refractivity contribution >= 4 is 28.6 Å². The summed E-state index contributed by atoms with van der Waals surface area (Å²) in [7, 11) is 1.33. The van der Waals surface area contributed by atoms with Gasteiger partial charge in [-0.2, -0.15) is 0 Å². The van der Waals surface area contributed by atoms with Gasteiger partial charge in [-0.05, 0) is 34.7 Å². The summed E-state index contributed by atoms with van der Waals surface area (Å²) in [5.74, 6) is -1.74. The fourth-order valence-corrected chi connectivity index (χ4v) is 1.69. The smallest absolute Gasteiger partial charge is 0.335 e. The number of carboxylic acid groups (broad SMARTS) is 1. The molecule has 70 valence electrons. The molecule has 0 amide bonds. The number of ether oxygens (including phenoxy) is 1. The molecule has 13 heavy (non-hydrogen) atoms. The van der Waals surface area contributed by atoms with Crippen molar-refractivity contribution in [2.75, 3.05) is 7.11 Å². The van der Waals surface area contributed by atoms with Crippen LogP contribution in [0, 0.1) is 9.39 Å². The fraction of sp³-hybridized carbons (Fsp3) is 0.125. The maximum atomic E-state index is 13.1. The normalized spacial score (nSPS) is 9.77. The van der Waals surface area contributed by atoms with E-state index < -0.39 is 11.8 Å². The van der Waals surface area contributed by atoms with Crippen LogP contribution in [-0.4, -0.2) is 18.2 Å². The largest absolute Gasteiger partial charge is 0.493 e. The summed E-state index contributed by atoms with van der Waals surface area (Å²) in [5, 5.41) is 8.59. The van der Waals surface area contributed by atoms with Gasteiger partial charge in [0, 0.05) is 0 Å². The highest BCUT2D eigenvalue weighted by atomic mass is 127. The Labute approximate surface area is 87.7 Å². The number of aromatic carboxylic acids is 1. The molecule has 0 bridgehead atoms. The molecule has 0 saturated heterocycles. The van der Waals surface area contributed by atoms with Crippen LogP contribution in [0.1, 0.15) is 10.4 Å². The SMILES string of the molecule is COc1c(F)cc(C(=O)O)cc1I. The van der Waals surface area contributed by atoms with Crippen molar-refractivity contribution in [2.24, 2.45) is 0 Å². The van der Waals surface area contributed by atoms with Gasteiger partial charge in [-0.3, -0.25) is 0 Å². The second-order valence-corrected chi connectivity index (χ2v) is 3.44. The minimum absolute atomic E-state index is 0.0746. The number of carbonyl (C=O) groups is 1. The van der Waals surface area contributed by atoms with Gasteiger partial charge < -0.3 is 9.84 Å². The van der Waals surface area contributed by atoms with Gasteiger partial charge >= 0.3 is 5.97 Å². The standard InChI is InChI=1S/C8H6FIO3/c1-13-7-5(9)2-4(8(11)12)3-6(7)10/h2-3H,1H3,(H,11,12). The van der Waals surface area contributed by atoms with Crippen LogP contribution in [0.5, 0.6) is 5.75 Å². The molecule has 0 atom stereocenters. The summed E-state index contributed by atoms with van der Waals surface area (Å²) < 4.78 is 18.3. The molecule has 0 aliphatic carbocycles. The zero-order valence-electron chi connectivity index (χ0n) is 6.67. The van der Waals surface area contributed by atoms with Crippen molar-refractivity contribution in [3.8, 4) is 5.75 Å². The molecule has 0 aliphatic rings. The Kier molecular flexibility index (Phi) is 3.07. The summed E-state index contributed by atoms with van der Waals surface area (Å²) >= 11 is 1.82. The number of carboxylic acids is 1. The zero-order chi connectivity index (χ0) is 10.0. The van der Waals surface area contributed by atoms with E-state index in [0.717, 1.165) is 6.07 Å². The zero-order valence-corrected chi connectivity index (χ0v) is 8.83. The molecule has 0 saturated carbocycles. The van der Waals surface area contributed by atoms with Crippen LogP contribution >= 0.6 is 22.6 Å². The van der Waals surface area contributed by atoms with Gasteiger partial charge in [0.15, 0.2) is 11.6 Å². The summed E-state index contributed by atoms with van der Waals surface area (Å²) in [6, 6.07) is 2.29. The number of benzene rings is 1. The molecule has 0 spiro atoms. The van der Waals surface area contributed by atoms with Crippen LogP contribution in [0.15, 0.2) is 12.1 Å². The first kappa shape index (κ1) is 10.2. The van der Waals surface area contributed by atoms with E-state index in [1.165, 1.54) is 13.2 Å². The molecule has 3 nitrogen and oxygen atoms in total. The predicted molar refractivity (Wildman–Crippen MR) is 52.6 cm³/mol. The maximum absolute atomic E-state index is 13.1. The molecule has 5 heteroatoms. The summed E-state index contributed by atoms with van der Waals surface area (Å²) in [5.41, 5.74) is -0.0808. The average molecular weight is 296 g/mol. The first-order valence-corrected chi connectivity index (χ1v) is 4.40. The maximum Gasteiger partial charge on any atom is 0.335 e. The lowest BCUT2D eigenvalue weighted by atomic mass is 10.2. The van der Waals surface area contributed by atoms with E-state index in [-0.39, 0.29) is 11.3 Å². The Morgan fingerprint density at radius 1 is 1.62 bits per heavy atom. The lowest BCUT2D eigenvalue weighted by Crippen LogP contribution is -2.00. The van der Waals surface area contributed by atoms with Gasteiger partial charge in [-0.1, -0.05) is 0 Å². The van der Waals surface area contributed by atoms with Crippen molar-refractivity contribution in [1.29, 1.82) is 0 Å². The Morgan fingerprint density at radius 2 is 2.23 bits per heavy atom. The highest BCUT2D eigenvalue weighted by Gasteiger charge is 2.12. The lowest BCUT2D eigenvalue weighted by Gasteiger charge is -2.05. The molecule has 0 heterocycles. The topological polar surface area (TPSA) is 46.5 Å². The Bertz CT molecular complexity index is 328. The molecule has 0 unspecified atom stereocenters. The average Bonchev–Trinajstić information content (AvgIpc) is 2.03. The second-order valence-electron chi connectivity index (χ2n) is 2.28. The number of hydrogen-bond donors (Lipinski definition) is 1. The molecule has 0 radical (unpaired) electrons. The lowest BCUT2D eigenvalue weighted by molar-refractivity contribution is 0.0696. The van der Waals surface area contributed by atoms with Crippen LogP contribution in [0.2, 0.25) is 0 Å².